The van der Waals surface area contributed by atoms with Gasteiger partial charge in [-0.2, -0.15) is 5.26 Å². The van der Waals surface area contributed by atoms with Crippen LogP contribution < -0.4 is 15.9 Å². The van der Waals surface area contributed by atoms with Crippen molar-refractivity contribution in [2.75, 3.05) is 0 Å². The van der Waals surface area contributed by atoms with E-state index in [4.69, 9.17) is 0 Å². The SMILES string of the molecule is N#CC=P(c1ccccc1)(c1ccccc1)c1ccccc1Br. The first kappa shape index (κ1) is 15.8. The number of nitrogens with zero attached hydrogens (tertiary/aromatic N) is 1. The van der Waals surface area contributed by atoms with Crippen LogP contribution in [-0.2, 0) is 0 Å². The summed E-state index contributed by atoms with van der Waals surface area (Å²) in [5.74, 6) is 1.83. The van der Waals surface area contributed by atoms with E-state index in [-0.39, 0.29) is 0 Å². The Kier molecular flexibility index (Phi) is 4.82. The maximum atomic E-state index is 9.58. The van der Waals surface area contributed by atoms with Gasteiger partial charge in [0, 0.05) is 10.3 Å². The van der Waals surface area contributed by atoms with Crippen LogP contribution in [0.25, 0.3) is 0 Å². The Morgan fingerprint density at radius 1 is 0.739 bits per heavy atom. The zero-order chi connectivity index (χ0) is 16.1. The van der Waals surface area contributed by atoms with Crippen molar-refractivity contribution in [2.45, 2.75) is 0 Å². The summed E-state index contributed by atoms with van der Waals surface area (Å²) in [6.07, 6.45) is 0. The summed E-state index contributed by atoms with van der Waals surface area (Å²) < 4.78 is 1.03. The Bertz CT molecular complexity index is 852. The largest absolute Gasteiger partial charge is 0.193 e. The van der Waals surface area contributed by atoms with E-state index in [1.807, 2.05) is 60.4 Å². The Morgan fingerprint density at radius 3 is 1.70 bits per heavy atom. The molecule has 0 unspecified atom stereocenters. The minimum Gasteiger partial charge on any atom is -0.193 e. The Labute approximate surface area is 145 Å². The number of halogens is 1. The van der Waals surface area contributed by atoms with Crippen LogP contribution in [-0.4, -0.2) is 5.80 Å². The zero-order valence-corrected chi connectivity index (χ0v) is 14.9. The van der Waals surface area contributed by atoms with E-state index in [9.17, 15) is 5.26 Å². The van der Waals surface area contributed by atoms with Crippen LogP contribution in [0, 0.1) is 11.3 Å². The van der Waals surface area contributed by atoms with Gasteiger partial charge in [-0.05, 0) is 28.9 Å². The van der Waals surface area contributed by atoms with Gasteiger partial charge in [0.05, 0.1) is 6.07 Å². The molecular weight excluding hydrogens is 365 g/mol. The van der Waals surface area contributed by atoms with Gasteiger partial charge in [0.2, 0.25) is 0 Å². The fourth-order valence-electron chi connectivity index (χ4n) is 2.80. The lowest BCUT2D eigenvalue weighted by Gasteiger charge is -2.28. The fraction of sp³-hybridized carbons (Fsp3) is 0. The second-order valence-corrected chi connectivity index (χ2v) is 9.18. The minimum absolute atomic E-state index is 1.03. The van der Waals surface area contributed by atoms with Gasteiger partial charge in [-0.1, -0.05) is 94.8 Å². The van der Waals surface area contributed by atoms with Crippen molar-refractivity contribution in [2.24, 2.45) is 0 Å². The molecule has 0 bridgehead atoms. The van der Waals surface area contributed by atoms with Crippen molar-refractivity contribution in [3.8, 4) is 6.07 Å². The molecule has 0 spiro atoms. The van der Waals surface area contributed by atoms with E-state index < -0.39 is 6.89 Å². The highest BCUT2D eigenvalue weighted by Gasteiger charge is 2.26. The van der Waals surface area contributed by atoms with Crippen LogP contribution in [0.4, 0.5) is 0 Å². The van der Waals surface area contributed by atoms with Crippen molar-refractivity contribution in [3.05, 3.63) is 89.4 Å². The number of hydrogen-bond acceptors (Lipinski definition) is 1. The predicted molar refractivity (Wildman–Crippen MR) is 105 cm³/mol. The highest BCUT2D eigenvalue weighted by atomic mass is 79.9. The normalized spacial score (nSPS) is 10.8. The molecule has 0 aromatic heterocycles. The van der Waals surface area contributed by atoms with Gasteiger partial charge in [0.25, 0.3) is 0 Å². The van der Waals surface area contributed by atoms with Crippen molar-refractivity contribution < 1.29 is 0 Å². The number of hydrogen-bond donors (Lipinski definition) is 0. The molecule has 23 heavy (non-hydrogen) atoms. The first-order valence-electron chi connectivity index (χ1n) is 7.28. The van der Waals surface area contributed by atoms with Crippen molar-refractivity contribution in [1.29, 1.82) is 5.26 Å². The molecule has 3 rings (SSSR count). The monoisotopic (exact) mass is 379 g/mol. The van der Waals surface area contributed by atoms with Gasteiger partial charge >= 0.3 is 0 Å². The Balaban J connectivity index is 2.46. The first-order valence-corrected chi connectivity index (χ1v) is 9.93. The molecule has 0 saturated carbocycles. The maximum Gasteiger partial charge on any atom is 0.0923 e. The molecular formula is C20H15BrNP. The molecule has 0 heterocycles. The molecule has 0 saturated heterocycles. The molecule has 0 N–H and O–H groups in total. The molecule has 3 aromatic carbocycles. The van der Waals surface area contributed by atoms with Crippen LogP contribution in [0.5, 0.6) is 0 Å². The van der Waals surface area contributed by atoms with Crippen LogP contribution in [0.2, 0.25) is 0 Å². The van der Waals surface area contributed by atoms with Crippen LogP contribution in [0.3, 0.4) is 0 Å². The van der Waals surface area contributed by atoms with E-state index >= 15 is 0 Å². The van der Waals surface area contributed by atoms with Crippen LogP contribution >= 0.6 is 22.8 Å². The van der Waals surface area contributed by atoms with Crippen molar-refractivity contribution >= 4 is 44.5 Å². The van der Waals surface area contributed by atoms with E-state index in [0.717, 1.165) is 4.47 Å². The zero-order valence-electron chi connectivity index (χ0n) is 12.4. The molecule has 0 fully saturated rings. The molecule has 0 aliphatic rings. The standard InChI is InChI=1S/C20H15BrNP/c21-19-13-7-8-14-20(19)23(16-15-22,17-9-3-1-4-10-17)18-11-5-2-6-12-18/h1-14,16H. The van der Waals surface area contributed by atoms with Gasteiger partial charge in [-0.15, -0.1) is 0 Å². The quantitative estimate of drug-likeness (QED) is 0.629. The van der Waals surface area contributed by atoms with Gasteiger partial charge < -0.3 is 0 Å². The molecule has 112 valence electrons. The van der Waals surface area contributed by atoms with Gasteiger partial charge in [0.15, 0.2) is 0 Å². The molecule has 0 aliphatic heterocycles. The minimum atomic E-state index is -2.12. The third-order valence-corrected chi connectivity index (χ3v) is 8.69. The van der Waals surface area contributed by atoms with Gasteiger partial charge in [0.1, 0.15) is 0 Å². The fourth-order valence-corrected chi connectivity index (χ4v) is 7.40. The number of rotatable bonds is 3. The second-order valence-electron chi connectivity index (χ2n) is 5.10. The smallest absolute Gasteiger partial charge is 0.0923 e. The molecule has 3 aromatic rings. The average Bonchev–Trinajstić information content (AvgIpc) is 2.62. The summed E-state index contributed by atoms with van der Waals surface area (Å²) >= 11 is 3.70. The summed E-state index contributed by atoms with van der Waals surface area (Å²) in [6, 6.07) is 31.2. The predicted octanol–water partition coefficient (Wildman–Crippen LogP) is 4.07. The van der Waals surface area contributed by atoms with Crippen molar-refractivity contribution in [1.82, 2.24) is 0 Å². The van der Waals surface area contributed by atoms with E-state index in [0.29, 0.717) is 0 Å². The van der Waals surface area contributed by atoms with Crippen LogP contribution in [0.15, 0.2) is 89.4 Å². The lowest BCUT2D eigenvalue weighted by molar-refractivity contribution is 1.56. The lowest BCUT2D eigenvalue weighted by atomic mass is 10.4. The molecule has 3 heteroatoms. The average molecular weight is 380 g/mol. The summed E-state index contributed by atoms with van der Waals surface area (Å²) in [4.78, 5) is 0. The topological polar surface area (TPSA) is 23.8 Å². The Morgan fingerprint density at radius 2 is 1.22 bits per heavy atom. The summed E-state index contributed by atoms with van der Waals surface area (Å²) in [5.41, 5.74) is 0. The molecule has 0 atom stereocenters. The highest BCUT2D eigenvalue weighted by Crippen LogP contribution is 2.45. The Hall–Kier alpha value is -2.07. The van der Waals surface area contributed by atoms with Gasteiger partial charge in [-0.25, -0.2) is 0 Å². The van der Waals surface area contributed by atoms with E-state index in [1.165, 1.54) is 15.9 Å². The first-order chi connectivity index (χ1) is 11.3. The third-order valence-electron chi connectivity index (χ3n) is 3.81. The molecule has 0 radical (unpaired) electrons. The van der Waals surface area contributed by atoms with Crippen molar-refractivity contribution in [3.63, 3.8) is 0 Å². The number of benzene rings is 3. The van der Waals surface area contributed by atoms with E-state index in [2.05, 4.69) is 52.3 Å². The summed E-state index contributed by atoms with van der Waals surface area (Å²) in [6.45, 7) is -2.12. The van der Waals surface area contributed by atoms with Gasteiger partial charge in [-0.3, -0.25) is 0 Å². The summed E-state index contributed by atoms with van der Waals surface area (Å²) in [5, 5.41) is 13.1. The highest BCUT2D eigenvalue weighted by molar-refractivity contribution is 9.10. The molecule has 1 nitrogen and oxygen atoms in total. The molecule has 0 amide bonds. The second kappa shape index (κ2) is 7.01. The number of nitriles is 1. The lowest BCUT2D eigenvalue weighted by Crippen LogP contribution is -2.27. The molecule has 0 aliphatic carbocycles. The maximum absolute atomic E-state index is 9.58. The summed E-state index contributed by atoms with van der Waals surface area (Å²) in [7, 11) is 0. The van der Waals surface area contributed by atoms with Crippen LogP contribution in [0.1, 0.15) is 0 Å². The van der Waals surface area contributed by atoms with E-state index in [1.54, 1.807) is 0 Å². The third kappa shape index (κ3) is 2.91.